The minimum Gasteiger partial charge on any atom is -0.354 e. The lowest BCUT2D eigenvalue weighted by Crippen LogP contribution is -2.50. The predicted molar refractivity (Wildman–Crippen MR) is 121 cm³/mol. The number of hydrogen-bond acceptors (Lipinski definition) is 2. The maximum absolute atomic E-state index is 4.43. The lowest BCUT2D eigenvalue weighted by atomic mass is 10.0. The summed E-state index contributed by atoms with van der Waals surface area (Å²) in [7, 11) is 1.87. The van der Waals surface area contributed by atoms with Gasteiger partial charge in [0, 0.05) is 38.8 Å². The highest BCUT2D eigenvalue weighted by atomic mass is 127. The number of likely N-dealkylation sites (tertiary alicyclic amines) is 1. The van der Waals surface area contributed by atoms with Crippen molar-refractivity contribution >= 4 is 29.9 Å². The van der Waals surface area contributed by atoms with Crippen LogP contribution >= 0.6 is 24.0 Å². The summed E-state index contributed by atoms with van der Waals surface area (Å²) in [5, 5.41) is 7.14. The topological polar surface area (TPSA) is 39.7 Å². The van der Waals surface area contributed by atoms with Crippen molar-refractivity contribution in [3.05, 3.63) is 35.4 Å². The third-order valence-electron chi connectivity index (χ3n) is 5.88. The Bertz CT molecular complexity index is 561. The summed E-state index contributed by atoms with van der Waals surface area (Å²) in [5.74, 6) is 0.935. The van der Waals surface area contributed by atoms with Crippen LogP contribution in [0.25, 0.3) is 0 Å². The number of nitrogens with zero attached hydrogens (tertiary/aromatic N) is 2. The number of guanidine groups is 1. The maximum atomic E-state index is 4.43. The van der Waals surface area contributed by atoms with Crippen LogP contribution in [0.5, 0.6) is 0 Å². The van der Waals surface area contributed by atoms with Crippen LogP contribution < -0.4 is 10.6 Å². The van der Waals surface area contributed by atoms with Crippen molar-refractivity contribution in [2.24, 2.45) is 4.99 Å². The minimum atomic E-state index is 0. The molecule has 1 aromatic carbocycles. The Labute approximate surface area is 176 Å². The van der Waals surface area contributed by atoms with Gasteiger partial charge in [0.1, 0.15) is 0 Å². The molecule has 3 rings (SSSR count). The van der Waals surface area contributed by atoms with Crippen molar-refractivity contribution in [1.82, 2.24) is 15.5 Å². The van der Waals surface area contributed by atoms with Gasteiger partial charge in [-0.2, -0.15) is 0 Å². The molecule has 1 saturated carbocycles. The lowest BCUT2D eigenvalue weighted by molar-refractivity contribution is 0.150. The SMILES string of the molecule is CCc1ccccc1CNC(=NC)NC1CCN(C2CCCC2)CC1.I. The second-order valence-corrected chi connectivity index (χ2v) is 7.44. The Hall–Kier alpha value is -0.820. The molecule has 2 fully saturated rings. The first kappa shape index (κ1) is 21.5. The van der Waals surface area contributed by atoms with Gasteiger partial charge >= 0.3 is 0 Å². The summed E-state index contributed by atoms with van der Waals surface area (Å²) in [6.07, 6.45) is 9.21. The molecule has 1 aliphatic heterocycles. The van der Waals surface area contributed by atoms with Gasteiger partial charge < -0.3 is 15.5 Å². The third-order valence-corrected chi connectivity index (χ3v) is 5.88. The zero-order valence-electron chi connectivity index (χ0n) is 16.3. The quantitative estimate of drug-likeness (QED) is 0.389. The molecule has 0 aromatic heterocycles. The number of rotatable bonds is 5. The van der Waals surface area contributed by atoms with Crippen LogP contribution in [0.1, 0.15) is 56.6 Å². The van der Waals surface area contributed by atoms with Crippen molar-refractivity contribution in [2.45, 2.75) is 70.5 Å². The molecule has 0 radical (unpaired) electrons. The molecule has 4 nitrogen and oxygen atoms in total. The molecule has 2 aliphatic rings. The van der Waals surface area contributed by atoms with Crippen LogP contribution in [0.4, 0.5) is 0 Å². The smallest absolute Gasteiger partial charge is 0.191 e. The minimum absolute atomic E-state index is 0. The van der Waals surface area contributed by atoms with E-state index in [1.807, 2.05) is 7.05 Å². The average Bonchev–Trinajstić information content (AvgIpc) is 3.20. The van der Waals surface area contributed by atoms with Gasteiger partial charge in [0.25, 0.3) is 0 Å². The Morgan fingerprint density at radius 2 is 1.73 bits per heavy atom. The summed E-state index contributed by atoms with van der Waals surface area (Å²) in [6.45, 7) is 5.52. The molecule has 1 aromatic rings. The van der Waals surface area contributed by atoms with E-state index < -0.39 is 0 Å². The summed E-state index contributed by atoms with van der Waals surface area (Å²) in [5.41, 5.74) is 2.78. The summed E-state index contributed by atoms with van der Waals surface area (Å²) < 4.78 is 0. The van der Waals surface area contributed by atoms with Crippen molar-refractivity contribution < 1.29 is 0 Å². The van der Waals surface area contributed by atoms with Crippen LogP contribution in [0.15, 0.2) is 29.3 Å². The summed E-state index contributed by atoms with van der Waals surface area (Å²) in [4.78, 5) is 7.15. The van der Waals surface area contributed by atoms with E-state index in [0.717, 1.165) is 25.0 Å². The molecular weight excluding hydrogens is 435 g/mol. The van der Waals surface area contributed by atoms with Gasteiger partial charge in [-0.1, -0.05) is 44.0 Å². The fourth-order valence-electron chi connectivity index (χ4n) is 4.32. The number of aryl methyl sites for hydroxylation is 1. The van der Waals surface area contributed by atoms with E-state index in [1.54, 1.807) is 0 Å². The predicted octanol–water partition coefficient (Wildman–Crippen LogP) is 3.94. The van der Waals surface area contributed by atoms with Crippen molar-refractivity contribution in [2.75, 3.05) is 20.1 Å². The number of hydrogen-bond donors (Lipinski definition) is 2. The first-order valence-corrected chi connectivity index (χ1v) is 10.1. The second kappa shape index (κ2) is 11.1. The fourth-order valence-corrected chi connectivity index (χ4v) is 4.32. The molecule has 1 aliphatic carbocycles. The molecule has 0 amide bonds. The number of nitrogens with one attached hydrogen (secondary N) is 2. The van der Waals surface area contributed by atoms with Gasteiger partial charge in [0.05, 0.1) is 0 Å². The van der Waals surface area contributed by atoms with Gasteiger partial charge in [-0.05, 0) is 43.2 Å². The molecule has 0 atom stereocenters. The standard InChI is InChI=1S/C21H34N4.HI/c1-3-17-8-4-5-9-18(17)16-23-21(22-2)24-19-12-14-25(15-13-19)20-10-6-7-11-20;/h4-5,8-9,19-20H,3,6-7,10-16H2,1-2H3,(H2,22,23,24);1H. The first-order chi connectivity index (χ1) is 12.3. The molecule has 0 spiro atoms. The van der Waals surface area contributed by atoms with Crippen LogP contribution in [0.2, 0.25) is 0 Å². The van der Waals surface area contributed by atoms with Gasteiger partial charge in [0.2, 0.25) is 0 Å². The van der Waals surface area contributed by atoms with Crippen molar-refractivity contribution in [3.63, 3.8) is 0 Å². The molecule has 0 unspecified atom stereocenters. The molecule has 5 heteroatoms. The van der Waals surface area contributed by atoms with E-state index in [4.69, 9.17) is 0 Å². The fraction of sp³-hybridized carbons (Fsp3) is 0.667. The van der Waals surface area contributed by atoms with Gasteiger partial charge in [-0.25, -0.2) is 0 Å². The Balaban J connectivity index is 0.00000243. The van der Waals surface area contributed by atoms with E-state index in [0.29, 0.717) is 6.04 Å². The van der Waals surface area contributed by atoms with Crippen LogP contribution in [0, 0.1) is 0 Å². The highest BCUT2D eigenvalue weighted by Gasteiger charge is 2.27. The van der Waals surface area contributed by atoms with Crippen molar-refractivity contribution in [3.8, 4) is 0 Å². The average molecular weight is 470 g/mol. The summed E-state index contributed by atoms with van der Waals surface area (Å²) in [6, 6.07) is 10.1. The van der Waals surface area contributed by atoms with E-state index in [-0.39, 0.29) is 24.0 Å². The number of halogens is 1. The number of aliphatic imine (C=N–C) groups is 1. The monoisotopic (exact) mass is 470 g/mol. The zero-order valence-corrected chi connectivity index (χ0v) is 18.7. The Kier molecular flexibility index (Phi) is 9.19. The van der Waals surface area contributed by atoms with Crippen LogP contribution in [0.3, 0.4) is 0 Å². The highest BCUT2D eigenvalue weighted by molar-refractivity contribution is 14.0. The largest absolute Gasteiger partial charge is 0.354 e. The lowest BCUT2D eigenvalue weighted by Gasteiger charge is -2.36. The Morgan fingerprint density at radius 3 is 2.35 bits per heavy atom. The molecule has 146 valence electrons. The Morgan fingerprint density at radius 1 is 1.08 bits per heavy atom. The van der Waals surface area contributed by atoms with Gasteiger partial charge in [-0.3, -0.25) is 4.99 Å². The molecule has 1 saturated heterocycles. The number of piperidine rings is 1. The van der Waals surface area contributed by atoms with Gasteiger partial charge in [-0.15, -0.1) is 24.0 Å². The first-order valence-electron chi connectivity index (χ1n) is 10.1. The zero-order chi connectivity index (χ0) is 17.5. The van der Waals surface area contributed by atoms with E-state index in [2.05, 4.69) is 51.7 Å². The van der Waals surface area contributed by atoms with Crippen LogP contribution in [-0.4, -0.2) is 43.1 Å². The van der Waals surface area contributed by atoms with E-state index >= 15 is 0 Å². The molecule has 1 heterocycles. The molecular formula is C21H35IN4. The second-order valence-electron chi connectivity index (χ2n) is 7.44. The normalized spacial score (nSPS) is 20.0. The number of benzene rings is 1. The van der Waals surface area contributed by atoms with E-state index in [9.17, 15) is 0 Å². The van der Waals surface area contributed by atoms with E-state index in [1.165, 1.54) is 62.7 Å². The molecule has 2 N–H and O–H groups in total. The highest BCUT2D eigenvalue weighted by Crippen LogP contribution is 2.26. The third kappa shape index (κ3) is 5.84. The molecule has 0 bridgehead atoms. The summed E-state index contributed by atoms with van der Waals surface area (Å²) >= 11 is 0. The van der Waals surface area contributed by atoms with Crippen molar-refractivity contribution in [1.29, 1.82) is 0 Å². The van der Waals surface area contributed by atoms with Gasteiger partial charge in [0.15, 0.2) is 5.96 Å². The molecule has 26 heavy (non-hydrogen) atoms. The maximum Gasteiger partial charge on any atom is 0.191 e. The van der Waals surface area contributed by atoms with Crippen LogP contribution in [-0.2, 0) is 13.0 Å².